The summed E-state index contributed by atoms with van der Waals surface area (Å²) in [5.41, 5.74) is 9.48. The lowest BCUT2D eigenvalue weighted by Crippen LogP contribution is -2.39. The van der Waals surface area contributed by atoms with Gasteiger partial charge in [-0.3, -0.25) is 0 Å². The number of fused-ring (bicyclic) bond motifs is 1. The summed E-state index contributed by atoms with van der Waals surface area (Å²) in [6, 6.07) is 15.0. The minimum absolute atomic E-state index is 0.0558. The number of hydrogen-bond acceptors (Lipinski definition) is 3. The van der Waals surface area contributed by atoms with Crippen LogP contribution in [-0.4, -0.2) is 25.7 Å². The van der Waals surface area contributed by atoms with Crippen molar-refractivity contribution < 1.29 is 9.13 Å². The number of anilines is 1. The van der Waals surface area contributed by atoms with Gasteiger partial charge in [0, 0.05) is 24.8 Å². The molecule has 1 heterocycles. The highest BCUT2D eigenvalue weighted by Gasteiger charge is 2.21. The second-order valence-corrected chi connectivity index (χ2v) is 5.73. The lowest BCUT2D eigenvalue weighted by Gasteiger charge is -2.23. The first-order valence-electron chi connectivity index (χ1n) is 7.63. The van der Waals surface area contributed by atoms with Crippen molar-refractivity contribution in [3.63, 3.8) is 0 Å². The molecule has 1 aliphatic rings. The molecule has 1 unspecified atom stereocenters. The second kappa shape index (κ2) is 6.90. The molecule has 3 rings (SSSR count). The Morgan fingerprint density at radius 3 is 2.82 bits per heavy atom. The Hall–Kier alpha value is -1.91. The van der Waals surface area contributed by atoms with Gasteiger partial charge in [0.2, 0.25) is 0 Å². The van der Waals surface area contributed by atoms with E-state index in [-0.39, 0.29) is 11.9 Å². The van der Waals surface area contributed by atoms with Gasteiger partial charge in [-0.1, -0.05) is 30.3 Å². The van der Waals surface area contributed by atoms with Crippen LogP contribution in [0.4, 0.5) is 10.1 Å². The first-order chi connectivity index (χ1) is 10.7. The first-order valence-corrected chi connectivity index (χ1v) is 7.63. The maximum atomic E-state index is 13.2. The van der Waals surface area contributed by atoms with Crippen molar-refractivity contribution in [1.82, 2.24) is 0 Å². The summed E-state index contributed by atoms with van der Waals surface area (Å²) in [4.78, 5) is 2.21. The summed E-state index contributed by atoms with van der Waals surface area (Å²) >= 11 is 0. The van der Waals surface area contributed by atoms with Crippen LogP contribution in [-0.2, 0) is 17.8 Å². The van der Waals surface area contributed by atoms with Crippen molar-refractivity contribution in [3.8, 4) is 0 Å². The molecule has 0 aromatic heterocycles. The van der Waals surface area contributed by atoms with Crippen molar-refractivity contribution >= 4 is 5.69 Å². The Morgan fingerprint density at radius 2 is 2.00 bits per heavy atom. The van der Waals surface area contributed by atoms with E-state index in [0.717, 1.165) is 36.3 Å². The monoisotopic (exact) mass is 300 g/mol. The van der Waals surface area contributed by atoms with Gasteiger partial charge in [0.15, 0.2) is 0 Å². The van der Waals surface area contributed by atoms with Gasteiger partial charge < -0.3 is 15.4 Å². The maximum absolute atomic E-state index is 13.2. The van der Waals surface area contributed by atoms with Gasteiger partial charge in [0.05, 0.1) is 13.2 Å². The van der Waals surface area contributed by atoms with Crippen LogP contribution in [0, 0.1) is 5.82 Å². The summed E-state index contributed by atoms with van der Waals surface area (Å²) in [7, 11) is 0. The Bertz CT molecular complexity index is 618. The summed E-state index contributed by atoms with van der Waals surface area (Å²) < 4.78 is 18.9. The molecule has 0 aliphatic carbocycles. The van der Waals surface area contributed by atoms with E-state index in [9.17, 15) is 4.39 Å². The fourth-order valence-corrected chi connectivity index (χ4v) is 2.87. The van der Waals surface area contributed by atoms with Gasteiger partial charge in [0.25, 0.3) is 0 Å². The molecule has 0 amide bonds. The van der Waals surface area contributed by atoms with Crippen LogP contribution < -0.4 is 10.6 Å². The third kappa shape index (κ3) is 3.64. The van der Waals surface area contributed by atoms with E-state index in [1.807, 2.05) is 36.4 Å². The van der Waals surface area contributed by atoms with Crippen molar-refractivity contribution in [2.24, 2.45) is 5.73 Å². The predicted molar refractivity (Wildman–Crippen MR) is 86.4 cm³/mol. The highest BCUT2D eigenvalue weighted by atomic mass is 19.1. The SMILES string of the molecule is NC(COCc1ccccc1)CN1CCc2cc(F)ccc21. The Balaban J connectivity index is 1.48. The molecule has 1 atom stereocenters. The normalized spacial score (nSPS) is 14.9. The number of hydrogen-bond donors (Lipinski definition) is 1. The number of rotatable bonds is 6. The molecule has 2 aromatic rings. The predicted octanol–water partition coefficient (Wildman–Crippen LogP) is 2.73. The van der Waals surface area contributed by atoms with Crippen LogP contribution in [0.5, 0.6) is 0 Å². The van der Waals surface area contributed by atoms with Crippen LogP contribution in [0.15, 0.2) is 48.5 Å². The van der Waals surface area contributed by atoms with E-state index in [4.69, 9.17) is 10.5 Å². The smallest absolute Gasteiger partial charge is 0.123 e. The van der Waals surface area contributed by atoms with Gasteiger partial charge >= 0.3 is 0 Å². The van der Waals surface area contributed by atoms with Crippen molar-refractivity contribution in [1.29, 1.82) is 0 Å². The van der Waals surface area contributed by atoms with Crippen LogP contribution in [0.1, 0.15) is 11.1 Å². The highest BCUT2D eigenvalue weighted by molar-refractivity contribution is 5.58. The lowest BCUT2D eigenvalue weighted by atomic mass is 10.1. The Kier molecular flexibility index (Phi) is 4.71. The zero-order valence-corrected chi connectivity index (χ0v) is 12.5. The molecule has 3 nitrogen and oxygen atoms in total. The van der Waals surface area contributed by atoms with Gasteiger partial charge in [-0.15, -0.1) is 0 Å². The number of halogens is 1. The molecule has 0 saturated heterocycles. The second-order valence-electron chi connectivity index (χ2n) is 5.73. The summed E-state index contributed by atoms with van der Waals surface area (Å²) in [5, 5.41) is 0. The highest BCUT2D eigenvalue weighted by Crippen LogP contribution is 2.28. The molecule has 2 N–H and O–H groups in total. The minimum Gasteiger partial charge on any atom is -0.375 e. The summed E-state index contributed by atoms with van der Waals surface area (Å²) in [6.07, 6.45) is 0.880. The zero-order valence-electron chi connectivity index (χ0n) is 12.5. The molecule has 116 valence electrons. The van der Waals surface area contributed by atoms with Gasteiger partial charge in [-0.2, -0.15) is 0 Å². The van der Waals surface area contributed by atoms with Crippen LogP contribution in [0.25, 0.3) is 0 Å². The first kappa shape index (κ1) is 15.0. The van der Waals surface area contributed by atoms with E-state index in [2.05, 4.69) is 4.90 Å². The van der Waals surface area contributed by atoms with Crippen LogP contribution in [0.2, 0.25) is 0 Å². The number of benzene rings is 2. The maximum Gasteiger partial charge on any atom is 0.123 e. The summed E-state index contributed by atoms with van der Waals surface area (Å²) in [6.45, 7) is 2.72. The molecule has 0 spiro atoms. The quantitative estimate of drug-likeness (QED) is 0.891. The molecule has 4 heteroatoms. The molecule has 22 heavy (non-hydrogen) atoms. The van der Waals surface area contributed by atoms with Gasteiger partial charge in [-0.05, 0) is 35.7 Å². The third-order valence-corrected chi connectivity index (χ3v) is 3.93. The van der Waals surface area contributed by atoms with Crippen LogP contribution in [0.3, 0.4) is 0 Å². The van der Waals surface area contributed by atoms with Crippen molar-refractivity contribution in [3.05, 3.63) is 65.5 Å². The Morgan fingerprint density at radius 1 is 1.18 bits per heavy atom. The fraction of sp³-hybridized carbons (Fsp3) is 0.333. The minimum atomic E-state index is -0.170. The van der Waals surface area contributed by atoms with Crippen molar-refractivity contribution in [2.75, 3.05) is 24.6 Å². The average molecular weight is 300 g/mol. The largest absolute Gasteiger partial charge is 0.375 e. The zero-order chi connectivity index (χ0) is 15.4. The fourth-order valence-electron chi connectivity index (χ4n) is 2.87. The topological polar surface area (TPSA) is 38.5 Å². The third-order valence-electron chi connectivity index (χ3n) is 3.93. The molecular formula is C18H21FN2O. The molecule has 0 fully saturated rings. The van der Waals surface area contributed by atoms with Crippen LogP contribution >= 0.6 is 0 Å². The van der Waals surface area contributed by atoms with Gasteiger partial charge in [-0.25, -0.2) is 4.39 Å². The lowest BCUT2D eigenvalue weighted by molar-refractivity contribution is 0.109. The standard InChI is InChI=1S/C18H21FN2O/c19-16-6-7-18-15(10-16)8-9-21(18)11-17(20)13-22-12-14-4-2-1-3-5-14/h1-7,10,17H,8-9,11-13,20H2. The van der Waals surface area contributed by atoms with E-state index in [1.54, 1.807) is 6.07 Å². The van der Waals surface area contributed by atoms with Crippen molar-refractivity contribution in [2.45, 2.75) is 19.1 Å². The molecule has 1 aliphatic heterocycles. The Labute approximate surface area is 130 Å². The van der Waals surface area contributed by atoms with E-state index < -0.39 is 0 Å². The van der Waals surface area contributed by atoms with E-state index >= 15 is 0 Å². The molecular weight excluding hydrogens is 279 g/mol. The van der Waals surface area contributed by atoms with E-state index in [1.165, 1.54) is 6.07 Å². The molecule has 0 saturated carbocycles. The van der Waals surface area contributed by atoms with E-state index in [0.29, 0.717) is 13.2 Å². The van der Waals surface area contributed by atoms with Gasteiger partial charge in [0.1, 0.15) is 5.82 Å². The molecule has 0 bridgehead atoms. The average Bonchev–Trinajstić information content (AvgIpc) is 2.90. The molecule has 2 aromatic carbocycles. The number of nitrogens with two attached hydrogens (primary N) is 1. The number of nitrogens with zero attached hydrogens (tertiary/aromatic N) is 1. The number of ether oxygens (including phenoxy) is 1. The molecule has 0 radical (unpaired) electrons. The summed E-state index contributed by atoms with van der Waals surface area (Å²) in [5.74, 6) is -0.170.